The fourth-order valence-corrected chi connectivity index (χ4v) is 1.62. The summed E-state index contributed by atoms with van der Waals surface area (Å²) in [5, 5.41) is 28.7. The van der Waals surface area contributed by atoms with E-state index in [1.165, 1.54) is 6.08 Å². The Kier molecular flexibility index (Phi) is 6.05. The zero-order chi connectivity index (χ0) is 13.5. The quantitative estimate of drug-likeness (QED) is 0.475. The number of hydrogen-bond donors (Lipinski definition) is 3. The van der Waals surface area contributed by atoms with Crippen molar-refractivity contribution in [3.63, 3.8) is 0 Å². The van der Waals surface area contributed by atoms with Crippen molar-refractivity contribution in [1.29, 1.82) is 0 Å². The second-order valence-electron chi connectivity index (χ2n) is 4.15. The summed E-state index contributed by atoms with van der Waals surface area (Å²) >= 11 is 0. The molecule has 0 saturated carbocycles. The van der Waals surface area contributed by atoms with Gasteiger partial charge in [0, 0.05) is 6.42 Å². The zero-order valence-corrected chi connectivity index (χ0v) is 10.2. The predicted molar refractivity (Wildman–Crippen MR) is 65.2 cm³/mol. The molecule has 0 saturated heterocycles. The summed E-state index contributed by atoms with van der Waals surface area (Å²) < 4.78 is 0. The molecule has 0 aromatic rings. The predicted octanol–water partition coefficient (Wildman–Crippen LogP) is -0.0731. The minimum Gasteiger partial charge on any atom is -0.393 e. The van der Waals surface area contributed by atoms with E-state index < -0.39 is 24.9 Å². The maximum absolute atomic E-state index is 9.88. The van der Waals surface area contributed by atoms with Gasteiger partial charge in [0.25, 0.3) is 0 Å². The van der Waals surface area contributed by atoms with Crippen LogP contribution in [0.3, 0.4) is 0 Å². The Labute approximate surface area is 106 Å². The SMILES string of the molecule is C#C/C=C\C1=C(/C)COO[C@H](CO)[C@@H](O)[C@H](O)C1. The first kappa shape index (κ1) is 14.9. The molecule has 0 bridgehead atoms. The van der Waals surface area contributed by atoms with Gasteiger partial charge in [-0.1, -0.05) is 12.0 Å². The minimum atomic E-state index is -1.23. The maximum Gasteiger partial charge on any atom is 0.144 e. The van der Waals surface area contributed by atoms with Gasteiger partial charge in [0.05, 0.1) is 12.7 Å². The van der Waals surface area contributed by atoms with Crippen LogP contribution in [0.2, 0.25) is 0 Å². The van der Waals surface area contributed by atoms with E-state index in [-0.39, 0.29) is 13.0 Å². The van der Waals surface area contributed by atoms with Crippen LogP contribution in [0.25, 0.3) is 0 Å². The first-order valence-electron chi connectivity index (χ1n) is 5.66. The number of hydrogen-bond acceptors (Lipinski definition) is 5. The van der Waals surface area contributed by atoms with Crippen LogP contribution in [-0.2, 0) is 9.78 Å². The van der Waals surface area contributed by atoms with Crippen molar-refractivity contribution in [2.45, 2.75) is 31.7 Å². The molecule has 0 unspecified atom stereocenters. The van der Waals surface area contributed by atoms with Gasteiger partial charge in [-0.15, -0.1) is 6.42 Å². The molecule has 0 aromatic carbocycles. The Balaban J connectivity index is 2.90. The van der Waals surface area contributed by atoms with Crippen molar-refractivity contribution < 1.29 is 25.1 Å². The van der Waals surface area contributed by atoms with Gasteiger partial charge < -0.3 is 15.3 Å². The lowest BCUT2D eigenvalue weighted by Gasteiger charge is -2.23. The van der Waals surface area contributed by atoms with Crippen molar-refractivity contribution in [2.24, 2.45) is 0 Å². The Morgan fingerprint density at radius 1 is 1.50 bits per heavy atom. The maximum atomic E-state index is 9.88. The van der Waals surface area contributed by atoms with Crippen LogP contribution in [0.1, 0.15) is 13.3 Å². The Bertz CT molecular complexity index is 366. The van der Waals surface area contributed by atoms with Crippen LogP contribution in [0.4, 0.5) is 0 Å². The summed E-state index contributed by atoms with van der Waals surface area (Å²) in [7, 11) is 0. The van der Waals surface area contributed by atoms with Crippen LogP contribution >= 0.6 is 0 Å². The molecule has 1 aliphatic heterocycles. The molecular formula is C13H18O5. The third-order valence-corrected chi connectivity index (χ3v) is 2.78. The summed E-state index contributed by atoms with van der Waals surface area (Å²) in [4.78, 5) is 9.78. The molecule has 0 radical (unpaired) electrons. The summed E-state index contributed by atoms with van der Waals surface area (Å²) in [6.45, 7) is 1.56. The fraction of sp³-hybridized carbons (Fsp3) is 0.538. The van der Waals surface area contributed by atoms with Crippen molar-refractivity contribution >= 4 is 0 Å². The van der Waals surface area contributed by atoms with E-state index in [1.807, 2.05) is 6.92 Å². The standard InChI is InChI=1S/C13H18O5/c1-3-4-5-10-6-11(15)13(16)12(7-14)18-17-8-9(10)2/h1,4-5,11-16H,6-8H2,2H3/b5-4-,10-9-/t11-,12-,13+/m1/s1. The third kappa shape index (κ3) is 3.95. The number of rotatable bonds is 2. The lowest BCUT2D eigenvalue weighted by atomic mass is 9.97. The summed E-state index contributed by atoms with van der Waals surface area (Å²) in [5.41, 5.74) is 1.62. The number of aliphatic hydroxyl groups excluding tert-OH is 3. The largest absolute Gasteiger partial charge is 0.393 e. The number of aliphatic hydroxyl groups is 3. The van der Waals surface area contributed by atoms with Crippen LogP contribution in [0, 0.1) is 12.3 Å². The fourth-order valence-electron chi connectivity index (χ4n) is 1.62. The highest BCUT2D eigenvalue weighted by molar-refractivity contribution is 5.30. The molecule has 0 aromatic heterocycles. The van der Waals surface area contributed by atoms with Crippen LogP contribution in [0.5, 0.6) is 0 Å². The second-order valence-corrected chi connectivity index (χ2v) is 4.15. The van der Waals surface area contributed by atoms with Gasteiger partial charge in [-0.25, -0.2) is 9.78 Å². The molecule has 0 amide bonds. The average molecular weight is 254 g/mol. The van der Waals surface area contributed by atoms with Crippen molar-refractivity contribution in [2.75, 3.05) is 13.2 Å². The van der Waals surface area contributed by atoms with E-state index in [4.69, 9.17) is 21.3 Å². The lowest BCUT2D eigenvalue weighted by Crippen LogP contribution is -2.41. The molecule has 1 aliphatic rings. The monoisotopic (exact) mass is 254 g/mol. The molecule has 3 atom stereocenters. The molecule has 0 fully saturated rings. The van der Waals surface area contributed by atoms with E-state index in [9.17, 15) is 10.2 Å². The van der Waals surface area contributed by atoms with E-state index in [0.29, 0.717) is 0 Å². The first-order valence-corrected chi connectivity index (χ1v) is 5.66. The van der Waals surface area contributed by atoms with E-state index >= 15 is 0 Å². The Hall–Kier alpha value is -1.16. The molecule has 5 heteroatoms. The van der Waals surface area contributed by atoms with E-state index in [2.05, 4.69) is 5.92 Å². The highest BCUT2D eigenvalue weighted by atomic mass is 17.2. The molecule has 0 aliphatic carbocycles. The molecule has 3 N–H and O–H groups in total. The zero-order valence-electron chi connectivity index (χ0n) is 10.2. The van der Waals surface area contributed by atoms with E-state index in [0.717, 1.165) is 11.1 Å². The normalized spacial score (nSPS) is 34.7. The van der Waals surface area contributed by atoms with Crippen molar-refractivity contribution in [3.8, 4) is 12.3 Å². The summed E-state index contributed by atoms with van der Waals surface area (Å²) in [6, 6.07) is 0. The average Bonchev–Trinajstić information content (AvgIpc) is 2.41. The Morgan fingerprint density at radius 3 is 2.83 bits per heavy atom. The second kappa shape index (κ2) is 7.31. The molecule has 1 rings (SSSR count). The molecule has 0 spiro atoms. The first-order chi connectivity index (χ1) is 8.60. The minimum absolute atomic E-state index is 0.181. The summed E-state index contributed by atoms with van der Waals surface area (Å²) in [5.74, 6) is 2.36. The number of allylic oxidation sites excluding steroid dienone is 2. The number of terminal acetylenes is 1. The lowest BCUT2D eigenvalue weighted by molar-refractivity contribution is -0.341. The molecule has 1 heterocycles. The molecular weight excluding hydrogens is 236 g/mol. The van der Waals surface area contributed by atoms with Crippen LogP contribution in [0.15, 0.2) is 23.3 Å². The smallest absolute Gasteiger partial charge is 0.144 e. The summed E-state index contributed by atoms with van der Waals surface area (Å²) in [6.07, 6.45) is 5.30. The third-order valence-electron chi connectivity index (χ3n) is 2.78. The van der Waals surface area contributed by atoms with Gasteiger partial charge >= 0.3 is 0 Å². The highest BCUT2D eigenvalue weighted by Gasteiger charge is 2.29. The molecule has 18 heavy (non-hydrogen) atoms. The molecule has 5 nitrogen and oxygen atoms in total. The van der Waals surface area contributed by atoms with Crippen molar-refractivity contribution in [1.82, 2.24) is 0 Å². The highest BCUT2D eigenvalue weighted by Crippen LogP contribution is 2.20. The van der Waals surface area contributed by atoms with Gasteiger partial charge in [-0.05, 0) is 24.1 Å². The van der Waals surface area contributed by atoms with Gasteiger partial charge in [0.1, 0.15) is 18.8 Å². The van der Waals surface area contributed by atoms with Crippen LogP contribution < -0.4 is 0 Å². The van der Waals surface area contributed by atoms with E-state index in [1.54, 1.807) is 6.08 Å². The van der Waals surface area contributed by atoms with Crippen LogP contribution in [-0.4, -0.2) is 46.8 Å². The van der Waals surface area contributed by atoms with Gasteiger partial charge in [-0.2, -0.15) is 0 Å². The van der Waals surface area contributed by atoms with Gasteiger partial charge in [-0.3, -0.25) is 0 Å². The topological polar surface area (TPSA) is 79.2 Å². The molecule has 100 valence electrons. The van der Waals surface area contributed by atoms with Gasteiger partial charge in [0.15, 0.2) is 0 Å². The Morgan fingerprint density at radius 2 is 2.22 bits per heavy atom. The van der Waals surface area contributed by atoms with Crippen molar-refractivity contribution in [3.05, 3.63) is 23.3 Å². The van der Waals surface area contributed by atoms with Gasteiger partial charge in [0.2, 0.25) is 0 Å².